The van der Waals surface area contributed by atoms with Gasteiger partial charge in [0, 0.05) is 21.8 Å². The Kier molecular flexibility index (Phi) is 4.66. The third-order valence-electron chi connectivity index (χ3n) is 1.97. The number of hydrogen-bond donors (Lipinski definition) is 0. The van der Waals surface area contributed by atoms with Crippen LogP contribution in [0.1, 0.15) is 19.0 Å². The number of halogens is 2. The quantitative estimate of drug-likeness (QED) is 0.480. The molecule has 1 unspecified atom stereocenters. The molecule has 15 heavy (non-hydrogen) atoms. The van der Waals surface area contributed by atoms with E-state index in [0.717, 1.165) is 18.5 Å². The molecule has 82 valence electrons. The fourth-order valence-corrected chi connectivity index (χ4v) is 1.87. The normalized spacial score (nSPS) is 12.5. The second-order valence-electron chi connectivity index (χ2n) is 3.09. The fourth-order valence-electron chi connectivity index (χ4n) is 1.06. The smallest absolute Gasteiger partial charge is 0.258 e. The van der Waals surface area contributed by atoms with Crippen molar-refractivity contribution in [3.8, 4) is 0 Å². The van der Waals surface area contributed by atoms with Crippen LogP contribution in [-0.4, -0.2) is 14.7 Å². The minimum Gasteiger partial charge on any atom is -0.258 e. The van der Waals surface area contributed by atoms with Crippen molar-refractivity contribution in [2.45, 2.75) is 24.6 Å². The first-order chi connectivity index (χ1) is 7.04. The average molecular weight is 338 g/mol. The monoisotopic (exact) mass is 336 g/mol. The first kappa shape index (κ1) is 12.6. The fraction of sp³-hybridized carbons (Fsp3) is 0.444. The molecular weight excluding hydrogens is 328 g/mol. The number of nitrogens with zero attached hydrogens (tertiary/aromatic N) is 2. The molecule has 1 aromatic heterocycles. The summed E-state index contributed by atoms with van der Waals surface area (Å²) in [6.45, 7) is 2.07. The first-order valence-corrected chi connectivity index (χ1v) is 6.18. The van der Waals surface area contributed by atoms with Gasteiger partial charge in [0.25, 0.3) is 5.69 Å². The van der Waals surface area contributed by atoms with E-state index in [2.05, 4.69) is 43.8 Å². The number of alkyl halides is 1. The molecular formula is C9H10Br2N2O2. The molecule has 0 radical (unpaired) electrons. The lowest BCUT2D eigenvalue weighted by Gasteiger charge is -2.07. The van der Waals surface area contributed by atoms with Crippen LogP contribution in [0.15, 0.2) is 16.7 Å². The van der Waals surface area contributed by atoms with Crippen LogP contribution in [-0.2, 0) is 6.42 Å². The van der Waals surface area contributed by atoms with Crippen molar-refractivity contribution in [1.82, 2.24) is 4.98 Å². The van der Waals surface area contributed by atoms with Crippen LogP contribution in [0.3, 0.4) is 0 Å². The van der Waals surface area contributed by atoms with Crippen LogP contribution >= 0.6 is 31.9 Å². The molecule has 6 heteroatoms. The van der Waals surface area contributed by atoms with Crippen molar-refractivity contribution < 1.29 is 4.92 Å². The standard InChI is InChI=1S/C9H10Br2N2O2/c1-2-6(10)3-9-8(11)4-7(5-12-9)13(14)15/h4-6H,2-3H2,1H3. The molecule has 0 fully saturated rings. The highest BCUT2D eigenvalue weighted by molar-refractivity contribution is 9.10. The number of pyridine rings is 1. The molecule has 0 aliphatic heterocycles. The summed E-state index contributed by atoms with van der Waals surface area (Å²) < 4.78 is 0.689. The molecule has 1 atom stereocenters. The van der Waals surface area contributed by atoms with Gasteiger partial charge >= 0.3 is 0 Å². The van der Waals surface area contributed by atoms with Gasteiger partial charge in [-0.15, -0.1) is 0 Å². The van der Waals surface area contributed by atoms with Gasteiger partial charge in [-0.1, -0.05) is 22.9 Å². The van der Waals surface area contributed by atoms with E-state index in [4.69, 9.17) is 0 Å². The summed E-state index contributed by atoms with van der Waals surface area (Å²) in [4.78, 5) is 14.4. The van der Waals surface area contributed by atoms with E-state index in [0.29, 0.717) is 9.30 Å². The molecule has 0 amide bonds. The number of aromatic nitrogens is 1. The van der Waals surface area contributed by atoms with Gasteiger partial charge in [-0.25, -0.2) is 0 Å². The molecule has 0 saturated carbocycles. The van der Waals surface area contributed by atoms with E-state index in [-0.39, 0.29) is 5.69 Å². The maximum absolute atomic E-state index is 10.5. The highest BCUT2D eigenvalue weighted by Gasteiger charge is 2.12. The third-order valence-corrected chi connectivity index (χ3v) is 3.63. The molecule has 0 aliphatic carbocycles. The molecule has 4 nitrogen and oxygen atoms in total. The topological polar surface area (TPSA) is 56.0 Å². The maximum atomic E-state index is 10.5. The summed E-state index contributed by atoms with van der Waals surface area (Å²) >= 11 is 6.79. The summed E-state index contributed by atoms with van der Waals surface area (Å²) in [6.07, 6.45) is 3.04. The van der Waals surface area contributed by atoms with Gasteiger partial charge in [-0.2, -0.15) is 0 Å². The Morgan fingerprint density at radius 1 is 1.67 bits per heavy atom. The minimum atomic E-state index is -0.451. The largest absolute Gasteiger partial charge is 0.288 e. The van der Waals surface area contributed by atoms with E-state index < -0.39 is 4.92 Å². The molecule has 0 aromatic carbocycles. The van der Waals surface area contributed by atoms with Gasteiger partial charge < -0.3 is 0 Å². The molecule has 1 aromatic rings. The first-order valence-electron chi connectivity index (χ1n) is 4.47. The summed E-state index contributed by atoms with van der Waals surface area (Å²) in [5, 5.41) is 10.5. The predicted molar refractivity (Wildman–Crippen MR) is 65.3 cm³/mol. The van der Waals surface area contributed by atoms with Gasteiger partial charge in [-0.3, -0.25) is 15.1 Å². The zero-order valence-electron chi connectivity index (χ0n) is 8.11. The lowest BCUT2D eigenvalue weighted by Crippen LogP contribution is -2.04. The second-order valence-corrected chi connectivity index (χ2v) is 5.24. The van der Waals surface area contributed by atoms with Crippen LogP contribution in [0.25, 0.3) is 0 Å². The van der Waals surface area contributed by atoms with Crippen LogP contribution in [0, 0.1) is 10.1 Å². The number of rotatable bonds is 4. The Morgan fingerprint density at radius 2 is 2.33 bits per heavy atom. The molecule has 0 bridgehead atoms. The van der Waals surface area contributed by atoms with E-state index in [9.17, 15) is 10.1 Å². The molecule has 0 saturated heterocycles. The van der Waals surface area contributed by atoms with Crippen molar-refractivity contribution >= 4 is 37.5 Å². The van der Waals surface area contributed by atoms with Gasteiger partial charge in [0.2, 0.25) is 0 Å². The van der Waals surface area contributed by atoms with Crippen molar-refractivity contribution in [1.29, 1.82) is 0 Å². The predicted octanol–water partition coefficient (Wildman–Crippen LogP) is 3.47. The minimum absolute atomic E-state index is 0.00764. The van der Waals surface area contributed by atoms with E-state index in [1.807, 2.05) is 0 Å². The molecule has 1 heterocycles. The zero-order valence-corrected chi connectivity index (χ0v) is 11.3. The average Bonchev–Trinajstić information content (AvgIpc) is 2.20. The molecule has 0 N–H and O–H groups in total. The Hall–Kier alpha value is -0.490. The van der Waals surface area contributed by atoms with Crippen molar-refractivity contribution in [3.05, 3.63) is 32.5 Å². The van der Waals surface area contributed by atoms with Crippen LogP contribution in [0.4, 0.5) is 5.69 Å². The lowest BCUT2D eigenvalue weighted by atomic mass is 10.2. The van der Waals surface area contributed by atoms with Crippen molar-refractivity contribution in [2.75, 3.05) is 0 Å². The van der Waals surface area contributed by atoms with E-state index >= 15 is 0 Å². The van der Waals surface area contributed by atoms with Crippen LogP contribution in [0.2, 0.25) is 0 Å². The number of nitro groups is 1. The summed E-state index contributed by atoms with van der Waals surface area (Å²) in [5.74, 6) is 0. The van der Waals surface area contributed by atoms with E-state index in [1.165, 1.54) is 12.3 Å². The highest BCUT2D eigenvalue weighted by Crippen LogP contribution is 2.23. The summed E-state index contributed by atoms with van der Waals surface area (Å²) in [5.41, 5.74) is 0.845. The van der Waals surface area contributed by atoms with Crippen molar-refractivity contribution in [2.24, 2.45) is 0 Å². The van der Waals surface area contributed by atoms with Crippen LogP contribution < -0.4 is 0 Å². The number of hydrogen-bond acceptors (Lipinski definition) is 3. The van der Waals surface area contributed by atoms with E-state index in [1.54, 1.807) is 0 Å². The maximum Gasteiger partial charge on any atom is 0.288 e. The summed E-state index contributed by atoms with van der Waals surface area (Å²) in [7, 11) is 0. The molecule has 0 aliphatic rings. The second kappa shape index (κ2) is 5.55. The Labute approximate surface area is 104 Å². The highest BCUT2D eigenvalue weighted by atomic mass is 79.9. The lowest BCUT2D eigenvalue weighted by molar-refractivity contribution is -0.385. The third kappa shape index (κ3) is 3.53. The Morgan fingerprint density at radius 3 is 2.80 bits per heavy atom. The van der Waals surface area contributed by atoms with Crippen LogP contribution in [0.5, 0.6) is 0 Å². The van der Waals surface area contributed by atoms with Gasteiger partial charge in [0.1, 0.15) is 6.20 Å². The van der Waals surface area contributed by atoms with Gasteiger partial charge in [0.05, 0.1) is 10.6 Å². The Balaban J connectivity index is 2.88. The molecule has 0 spiro atoms. The van der Waals surface area contributed by atoms with Gasteiger partial charge in [-0.05, 0) is 22.4 Å². The van der Waals surface area contributed by atoms with Gasteiger partial charge in [0.15, 0.2) is 0 Å². The molecule has 1 rings (SSSR count). The Bertz CT molecular complexity index is 371. The van der Waals surface area contributed by atoms with Crippen molar-refractivity contribution in [3.63, 3.8) is 0 Å². The summed E-state index contributed by atoms with van der Waals surface area (Å²) in [6, 6.07) is 1.48. The zero-order chi connectivity index (χ0) is 11.4. The SMILES string of the molecule is CCC(Br)Cc1ncc([N+](=O)[O-])cc1Br.